The highest BCUT2D eigenvalue weighted by molar-refractivity contribution is 5.78. The first-order valence-electron chi connectivity index (χ1n) is 6.90. The van der Waals surface area contributed by atoms with Crippen LogP contribution in [0.15, 0.2) is 24.4 Å². The van der Waals surface area contributed by atoms with Gasteiger partial charge in [-0.05, 0) is 32.4 Å². The van der Waals surface area contributed by atoms with Crippen LogP contribution in [0.2, 0.25) is 0 Å². The Balaban J connectivity index is 0.00000122. The minimum atomic E-state index is -0.336. The van der Waals surface area contributed by atoms with Crippen molar-refractivity contribution in [2.75, 3.05) is 0 Å². The zero-order valence-electron chi connectivity index (χ0n) is 12.8. The predicted octanol–water partition coefficient (Wildman–Crippen LogP) is 1.88. The van der Waals surface area contributed by atoms with Gasteiger partial charge in [0.15, 0.2) is 0 Å². The Bertz CT molecular complexity index is 523. The summed E-state index contributed by atoms with van der Waals surface area (Å²) in [5.41, 5.74) is 0.131. The summed E-state index contributed by atoms with van der Waals surface area (Å²) >= 11 is 0. The normalized spacial score (nSPS) is 10.8. The van der Waals surface area contributed by atoms with E-state index in [-0.39, 0.29) is 23.3 Å². The summed E-state index contributed by atoms with van der Waals surface area (Å²) in [6.07, 6.45) is 3.93. The number of carbonyl (C=O) groups is 3. The van der Waals surface area contributed by atoms with E-state index in [0.29, 0.717) is 19.3 Å². The van der Waals surface area contributed by atoms with Gasteiger partial charge in [-0.3, -0.25) is 14.8 Å². The van der Waals surface area contributed by atoms with Crippen LogP contribution in [0.4, 0.5) is 4.79 Å². The number of hydrogen-bond donors (Lipinski definition) is 2. The van der Waals surface area contributed by atoms with Crippen LogP contribution in [0, 0.1) is 5.41 Å². The summed E-state index contributed by atoms with van der Waals surface area (Å²) in [5.74, 6) is 0.199. The maximum Gasteiger partial charge on any atom is 0.327 e. The van der Waals surface area contributed by atoms with E-state index >= 15 is 0 Å². The molecule has 0 spiro atoms. The second-order valence-electron chi connectivity index (χ2n) is 4.47. The summed E-state index contributed by atoms with van der Waals surface area (Å²) in [6.45, 7) is 5.13. The first-order valence-corrected chi connectivity index (χ1v) is 6.90. The minimum absolute atomic E-state index is 0.0832. The number of hydrogen-bond acceptors (Lipinski definition) is 4. The lowest BCUT2D eigenvalue weighted by Gasteiger charge is -2.14. The molecule has 1 aromatic heterocycles. The monoisotopic (exact) mass is 293 g/mol. The molecule has 1 aromatic rings. The van der Waals surface area contributed by atoms with Crippen LogP contribution in [0.25, 0.3) is 0 Å². The van der Waals surface area contributed by atoms with Crippen molar-refractivity contribution < 1.29 is 14.4 Å². The topological polar surface area (TPSA) is 92.0 Å². The van der Waals surface area contributed by atoms with Crippen LogP contribution < -0.4 is 10.8 Å². The Kier molecular flexibility index (Phi) is 9.41. The molecule has 1 atom stereocenters. The number of aldehydes is 1. The molecule has 0 aliphatic rings. The lowest BCUT2D eigenvalue weighted by atomic mass is 10.1. The molecule has 2 N–H and O–H groups in total. The summed E-state index contributed by atoms with van der Waals surface area (Å²) < 4.78 is 1.23. The van der Waals surface area contributed by atoms with Crippen molar-refractivity contribution >= 4 is 18.1 Å². The molecule has 1 unspecified atom stereocenters. The van der Waals surface area contributed by atoms with Gasteiger partial charge in [-0.15, -0.1) is 0 Å². The van der Waals surface area contributed by atoms with Crippen molar-refractivity contribution in [3.63, 3.8) is 0 Å². The molecule has 0 saturated heterocycles. The van der Waals surface area contributed by atoms with Crippen molar-refractivity contribution in [1.82, 2.24) is 9.88 Å². The quantitative estimate of drug-likeness (QED) is 0.812. The van der Waals surface area contributed by atoms with Crippen LogP contribution >= 0.6 is 0 Å². The molecule has 0 saturated carbocycles. The first-order chi connectivity index (χ1) is 9.96. The summed E-state index contributed by atoms with van der Waals surface area (Å²) in [7, 11) is 0. The first kappa shape index (κ1) is 18.8. The molecule has 6 heteroatoms. The fourth-order valence-electron chi connectivity index (χ4n) is 1.53. The summed E-state index contributed by atoms with van der Waals surface area (Å²) in [4.78, 5) is 31.8. The van der Waals surface area contributed by atoms with Gasteiger partial charge >= 0.3 is 6.03 Å². The van der Waals surface area contributed by atoms with Crippen molar-refractivity contribution in [3.8, 4) is 0 Å². The van der Waals surface area contributed by atoms with Gasteiger partial charge in [-0.2, -0.15) is 0 Å². The van der Waals surface area contributed by atoms with Gasteiger partial charge in [0.25, 0.3) is 0 Å². The molecule has 0 aromatic carbocycles. The number of nitrogens with zero attached hydrogens (tertiary/aromatic N) is 1. The number of nitrogens with one attached hydrogen (secondary N) is 2. The fraction of sp³-hybridized carbons (Fsp3) is 0.467. The highest BCUT2D eigenvalue weighted by atomic mass is 16.2. The van der Waals surface area contributed by atoms with Gasteiger partial charge < -0.3 is 10.1 Å². The molecule has 21 heavy (non-hydrogen) atoms. The number of aromatic nitrogens is 1. The van der Waals surface area contributed by atoms with Crippen LogP contribution in [0.1, 0.15) is 40.0 Å². The van der Waals surface area contributed by atoms with E-state index in [1.54, 1.807) is 24.4 Å². The van der Waals surface area contributed by atoms with Gasteiger partial charge in [0.05, 0.1) is 0 Å². The lowest BCUT2D eigenvalue weighted by Crippen LogP contribution is -2.40. The second-order valence-corrected chi connectivity index (χ2v) is 4.47. The Morgan fingerprint density at radius 2 is 2.05 bits per heavy atom. The van der Waals surface area contributed by atoms with Crippen molar-refractivity contribution in [2.45, 2.75) is 46.1 Å². The molecular formula is C15H23N3O3. The molecule has 0 aliphatic carbocycles. The molecule has 0 radical (unpaired) electrons. The maximum absolute atomic E-state index is 11.8. The van der Waals surface area contributed by atoms with E-state index < -0.39 is 0 Å². The van der Waals surface area contributed by atoms with Crippen LogP contribution in [-0.4, -0.2) is 28.7 Å². The third-order valence-electron chi connectivity index (χ3n) is 2.70. The maximum atomic E-state index is 11.8. The van der Waals surface area contributed by atoms with Crippen molar-refractivity contribution in [1.29, 1.82) is 5.41 Å². The average molecular weight is 293 g/mol. The summed E-state index contributed by atoms with van der Waals surface area (Å²) in [5, 5.41) is 10.4. The number of ketones is 1. The Morgan fingerprint density at radius 1 is 1.43 bits per heavy atom. The zero-order valence-corrected chi connectivity index (χ0v) is 12.8. The van der Waals surface area contributed by atoms with E-state index in [9.17, 15) is 9.59 Å². The standard InChI is InChI=1S/C13H19N3O2.C2H4O/c1-3-11(17)8-7-10(2)15-13(18)16-9-5-4-6-12(16)14;1-2-3/h4-6,9-10,14H,3,7-8H2,1-2H3,(H,15,18);2H,1H3. The zero-order chi connectivity index (χ0) is 16.3. The van der Waals surface area contributed by atoms with Crippen LogP contribution in [0.3, 0.4) is 0 Å². The number of amides is 1. The van der Waals surface area contributed by atoms with Crippen molar-refractivity contribution in [3.05, 3.63) is 29.9 Å². The molecule has 0 bridgehead atoms. The average Bonchev–Trinajstić information content (AvgIpc) is 2.46. The number of carbonyl (C=O) groups excluding carboxylic acids is 3. The predicted molar refractivity (Wildman–Crippen MR) is 79.9 cm³/mol. The van der Waals surface area contributed by atoms with Crippen LogP contribution in [0.5, 0.6) is 0 Å². The molecule has 1 rings (SSSR count). The van der Waals surface area contributed by atoms with E-state index in [2.05, 4.69) is 5.32 Å². The van der Waals surface area contributed by atoms with Gasteiger partial charge in [0.1, 0.15) is 17.6 Å². The van der Waals surface area contributed by atoms with Crippen LogP contribution in [-0.2, 0) is 9.59 Å². The molecule has 1 amide bonds. The van der Waals surface area contributed by atoms with Gasteiger partial charge in [0, 0.05) is 25.1 Å². The molecule has 116 valence electrons. The minimum Gasteiger partial charge on any atom is -0.335 e. The fourth-order valence-corrected chi connectivity index (χ4v) is 1.53. The van der Waals surface area contributed by atoms with Crippen molar-refractivity contribution in [2.24, 2.45) is 0 Å². The molecule has 0 fully saturated rings. The Hall–Kier alpha value is -2.24. The third kappa shape index (κ3) is 7.81. The smallest absolute Gasteiger partial charge is 0.327 e. The lowest BCUT2D eigenvalue weighted by molar-refractivity contribution is -0.119. The number of Topliss-reactive ketones (excluding diaryl/α,β-unsaturated/α-hetero) is 1. The molecule has 6 nitrogen and oxygen atoms in total. The Morgan fingerprint density at radius 3 is 2.57 bits per heavy atom. The second kappa shape index (κ2) is 10.5. The van der Waals surface area contributed by atoms with Gasteiger partial charge in [0.2, 0.25) is 0 Å². The Labute approximate surface area is 124 Å². The van der Waals surface area contributed by atoms with E-state index in [1.807, 2.05) is 13.8 Å². The molecular weight excluding hydrogens is 270 g/mol. The summed E-state index contributed by atoms with van der Waals surface area (Å²) in [6, 6.07) is 4.53. The molecule has 0 aliphatic heterocycles. The highest BCUT2D eigenvalue weighted by Gasteiger charge is 2.10. The van der Waals surface area contributed by atoms with E-state index in [0.717, 1.165) is 6.29 Å². The van der Waals surface area contributed by atoms with Gasteiger partial charge in [-0.25, -0.2) is 4.79 Å². The van der Waals surface area contributed by atoms with E-state index in [4.69, 9.17) is 10.2 Å². The van der Waals surface area contributed by atoms with E-state index in [1.165, 1.54) is 11.5 Å². The SMILES string of the molecule is CC=O.CCC(=O)CCC(C)NC(=O)n1ccccc1=N. The van der Waals surface area contributed by atoms with Gasteiger partial charge in [-0.1, -0.05) is 13.0 Å². The highest BCUT2D eigenvalue weighted by Crippen LogP contribution is 2.00. The molecule has 1 heterocycles. The third-order valence-corrected chi connectivity index (χ3v) is 2.70. The largest absolute Gasteiger partial charge is 0.335 e. The number of pyridine rings is 1. The number of rotatable bonds is 5.